The number of rotatable bonds is 0. The summed E-state index contributed by atoms with van der Waals surface area (Å²) in [7, 11) is -5.17. The minimum absolute atomic E-state index is 0. The van der Waals surface area contributed by atoms with Crippen molar-refractivity contribution in [3.8, 4) is 0 Å². The molecule has 1 radical (unpaired) electrons. The Balaban J connectivity index is -0.0000000800. The van der Waals surface area contributed by atoms with Gasteiger partial charge in [0.25, 0.3) is 0 Å². The Labute approximate surface area is 51.7 Å². The summed E-state index contributed by atoms with van der Waals surface area (Å²) < 4.78 is 34.1. The van der Waals surface area contributed by atoms with Crippen LogP contribution in [0.5, 0.6) is 0 Å². The van der Waals surface area contributed by atoms with Gasteiger partial charge in [0.15, 0.2) is 0 Å². The second-order valence-electron chi connectivity index (χ2n) is 0.408. The Hall–Kier alpha value is 0.349. The molecular formula is H3CuNO4S-2. The van der Waals surface area contributed by atoms with Gasteiger partial charge >= 0.3 is 0 Å². The van der Waals surface area contributed by atoms with E-state index in [2.05, 4.69) is 0 Å². The quantitative estimate of drug-likeness (QED) is 0.283. The van der Waals surface area contributed by atoms with E-state index in [1.807, 2.05) is 0 Å². The van der Waals surface area contributed by atoms with Crippen LogP contribution in [0.4, 0.5) is 0 Å². The minimum Gasteiger partial charge on any atom is -0.759 e. The predicted octanol–water partition coefficient (Wildman–Crippen LogP) is -1.18. The summed E-state index contributed by atoms with van der Waals surface area (Å²) in [4.78, 5) is 0. The van der Waals surface area contributed by atoms with Gasteiger partial charge in [-0.25, -0.2) is 0 Å². The maximum Gasteiger partial charge on any atom is 0.0311 e. The smallest absolute Gasteiger partial charge is 0.0311 e. The van der Waals surface area contributed by atoms with Crippen LogP contribution in [0.3, 0.4) is 0 Å². The molecule has 0 rings (SSSR count). The van der Waals surface area contributed by atoms with Gasteiger partial charge in [-0.15, -0.1) is 0 Å². The zero-order valence-electron chi connectivity index (χ0n) is 3.05. The molecule has 0 aliphatic rings. The fraction of sp³-hybridized carbons (Fsp3) is 0. The van der Waals surface area contributed by atoms with Crippen LogP contribution in [0, 0.1) is 0 Å². The molecule has 7 heteroatoms. The summed E-state index contributed by atoms with van der Waals surface area (Å²) in [6.45, 7) is 0. The Morgan fingerprint density at radius 1 is 1.14 bits per heavy atom. The molecule has 0 amide bonds. The van der Waals surface area contributed by atoms with Crippen LogP contribution in [-0.4, -0.2) is 17.5 Å². The molecule has 0 unspecified atom stereocenters. The largest absolute Gasteiger partial charge is 0.759 e. The topological polar surface area (TPSA) is 115 Å². The SMILES string of the molecule is N.O=S(=O)([O-])[O-].[Cu]. The molecule has 0 aliphatic heterocycles. The van der Waals surface area contributed by atoms with Crippen LogP contribution in [0.1, 0.15) is 0 Å². The van der Waals surface area contributed by atoms with Gasteiger partial charge in [0, 0.05) is 27.5 Å². The van der Waals surface area contributed by atoms with E-state index < -0.39 is 10.4 Å². The first kappa shape index (κ1) is 15.7. The first-order valence-electron chi connectivity index (χ1n) is 0.667. The van der Waals surface area contributed by atoms with E-state index >= 15 is 0 Å². The summed E-state index contributed by atoms with van der Waals surface area (Å²) in [5.74, 6) is 0. The second-order valence-corrected chi connectivity index (χ2v) is 1.22. The molecule has 0 aromatic carbocycles. The molecule has 0 bridgehead atoms. The predicted molar refractivity (Wildman–Crippen MR) is 15.5 cm³/mol. The van der Waals surface area contributed by atoms with Crippen molar-refractivity contribution in [2.45, 2.75) is 0 Å². The van der Waals surface area contributed by atoms with Crippen molar-refractivity contribution in [1.82, 2.24) is 6.15 Å². The zero-order chi connectivity index (χ0) is 4.50. The van der Waals surface area contributed by atoms with Gasteiger partial charge in [0.2, 0.25) is 0 Å². The van der Waals surface area contributed by atoms with Crippen LogP contribution >= 0.6 is 0 Å². The maximum absolute atomic E-state index is 8.52. The van der Waals surface area contributed by atoms with Crippen LogP contribution in [0.2, 0.25) is 0 Å². The maximum atomic E-state index is 8.52. The molecule has 0 saturated carbocycles. The molecule has 7 heavy (non-hydrogen) atoms. The average Bonchev–Trinajstić information content (AvgIpc) is 0.722. The van der Waals surface area contributed by atoms with E-state index in [-0.39, 0.29) is 23.2 Å². The average molecular weight is 177 g/mol. The van der Waals surface area contributed by atoms with Gasteiger partial charge in [0.05, 0.1) is 0 Å². The number of hydrogen-bond donors (Lipinski definition) is 1. The molecule has 3 N–H and O–H groups in total. The number of hydrogen-bond acceptors (Lipinski definition) is 5. The van der Waals surface area contributed by atoms with Gasteiger partial charge in [-0.1, -0.05) is 0 Å². The van der Waals surface area contributed by atoms with Crippen molar-refractivity contribution >= 4 is 10.4 Å². The summed E-state index contributed by atoms with van der Waals surface area (Å²) in [6, 6.07) is 0. The second kappa shape index (κ2) is 4.51. The molecule has 5 nitrogen and oxygen atoms in total. The van der Waals surface area contributed by atoms with Crippen LogP contribution in [0.25, 0.3) is 0 Å². The van der Waals surface area contributed by atoms with E-state index in [1.54, 1.807) is 0 Å². The fourth-order valence-electron chi connectivity index (χ4n) is 0. The first-order valence-corrected chi connectivity index (χ1v) is 2.00. The Bertz CT molecular complexity index is 94.9. The van der Waals surface area contributed by atoms with Crippen molar-refractivity contribution in [3.63, 3.8) is 0 Å². The van der Waals surface area contributed by atoms with Crippen molar-refractivity contribution in [3.05, 3.63) is 0 Å². The normalized spacial score (nSPS) is 8.29. The summed E-state index contributed by atoms with van der Waals surface area (Å²) >= 11 is 0. The van der Waals surface area contributed by atoms with Crippen molar-refractivity contribution in [2.24, 2.45) is 0 Å². The molecule has 0 aromatic rings. The van der Waals surface area contributed by atoms with E-state index in [4.69, 9.17) is 17.5 Å². The van der Waals surface area contributed by atoms with E-state index in [9.17, 15) is 0 Å². The molecule has 0 fully saturated rings. The third-order valence-electron chi connectivity index (χ3n) is 0. The molecular weight excluding hydrogens is 174 g/mol. The van der Waals surface area contributed by atoms with Gasteiger partial charge in [0.1, 0.15) is 0 Å². The summed E-state index contributed by atoms with van der Waals surface area (Å²) in [5, 5.41) is 0. The molecule has 0 aliphatic carbocycles. The molecule has 0 atom stereocenters. The molecule has 0 heterocycles. The standard InChI is InChI=1S/Cu.H3N.H2O4S/c;;1-5(2,3)4/h;1H3;(H2,1,2,3,4)/p-2. The Morgan fingerprint density at radius 2 is 1.14 bits per heavy atom. The fourth-order valence-corrected chi connectivity index (χ4v) is 0. The molecule has 0 spiro atoms. The van der Waals surface area contributed by atoms with Crippen molar-refractivity contribution in [1.29, 1.82) is 0 Å². The monoisotopic (exact) mass is 176 g/mol. The van der Waals surface area contributed by atoms with Gasteiger partial charge in [-0.05, 0) is 0 Å². The summed E-state index contributed by atoms with van der Waals surface area (Å²) in [6.07, 6.45) is 0. The zero-order valence-corrected chi connectivity index (χ0v) is 4.81. The van der Waals surface area contributed by atoms with E-state index in [0.29, 0.717) is 0 Å². The van der Waals surface area contributed by atoms with Crippen molar-refractivity contribution < 1.29 is 34.6 Å². The van der Waals surface area contributed by atoms with Crippen LogP contribution in [-0.2, 0) is 27.5 Å². The minimum atomic E-state index is -5.17. The van der Waals surface area contributed by atoms with Crippen LogP contribution < -0.4 is 6.15 Å². The van der Waals surface area contributed by atoms with Crippen LogP contribution in [0.15, 0.2) is 0 Å². The van der Waals surface area contributed by atoms with E-state index in [1.165, 1.54) is 0 Å². The third kappa shape index (κ3) is 983. The van der Waals surface area contributed by atoms with Crippen molar-refractivity contribution in [2.75, 3.05) is 0 Å². The van der Waals surface area contributed by atoms with Gasteiger partial charge in [-0.2, -0.15) is 0 Å². The summed E-state index contributed by atoms with van der Waals surface area (Å²) in [5.41, 5.74) is 0. The Morgan fingerprint density at radius 3 is 1.14 bits per heavy atom. The Kier molecular flexibility index (Phi) is 10.1. The molecule has 51 valence electrons. The molecule has 0 aromatic heterocycles. The van der Waals surface area contributed by atoms with Gasteiger partial charge < -0.3 is 15.3 Å². The first-order chi connectivity index (χ1) is 2.00. The third-order valence-corrected chi connectivity index (χ3v) is 0. The van der Waals surface area contributed by atoms with E-state index in [0.717, 1.165) is 0 Å². The van der Waals surface area contributed by atoms with Gasteiger partial charge in [-0.3, -0.25) is 8.42 Å². The molecule has 0 saturated heterocycles.